The van der Waals surface area contributed by atoms with Crippen molar-refractivity contribution in [2.24, 2.45) is 0 Å². The summed E-state index contributed by atoms with van der Waals surface area (Å²) in [4.78, 5) is 0. The fraction of sp³-hybridized carbons (Fsp3) is 0.417. The number of rotatable bonds is 6. The normalized spacial score (nSPS) is 11.2. The molecule has 98 valence electrons. The molecule has 1 aromatic carbocycles. The third-order valence-corrected chi connectivity index (χ3v) is 4.93. The summed E-state index contributed by atoms with van der Waals surface area (Å²) in [6, 6.07) is 7.32. The Hall–Kier alpha value is -0.660. The third-order valence-electron chi connectivity index (χ3n) is 2.18. The molecule has 0 radical (unpaired) electrons. The number of halogens is 1. The van der Waals surface area contributed by atoms with E-state index in [2.05, 4.69) is 22.0 Å². The highest BCUT2D eigenvalue weighted by molar-refractivity contribution is 9.10. The first-order valence-electron chi connectivity index (χ1n) is 5.61. The first-order valence-corrected chi connectivity index (χ1v) is 8.13. The van der Waals surface area contributed by atoms with E-state index in [0.717, 1.165) is 10.0 Å². The quantitative estimate of drug-likeness (QED) is 0.736. The monoisotopic (exact) mass is 331 g/mol. The van der Waals surface area contributed by atoms with Crippen molar-refractivity contribution in [3.05, 3.63) is 33.8 Å². The van der Waals surface area contributed by atoms with Crippen molar-refractivity contribution in [3.8, 4) is 6.07 Å². The van der Waals surface area contributed by atoms with Gasteiger partial charge < -0.3 is 9.05 Å². The third kappa shape index (κ3) is 4.22. The van der Waals surface area contributed by atoms with E-state index in [0.29, 0.717) is 18.8 Å². The highest BCUT2D eigenvalue weighted by Crippen LogP contribution is 2.51. The molecule has 0 aliphatic carbocycles. The Morgan fingerprint density at radius 2 is 1.94 bits per heavy atom. The van der Waals surface area contributed by atoms with Gasteiger partial charge >= 0.3 is 7.60 Å². The van der Waals surface area contributed by atoms with Crippen molar-refractivity contribution in [2.75, 3.05) is 13.2 Å². The maximum atomic E-state index is 12.3. The molecule has 0 saturated carbocycles. The first-order chi connectivity index (χ1) is 8.54. The number of hydrogen-bond acceptors (Lipinski definition) is 4. The first kappa shape index (κ1) is 15.4. The lowest BCUT2D eigenvalue weighted by atomic mass is 10.2. The molecule has 0 atom stereocenters. The van der Waals surface area contributed by atoms with E-state index in [1.165, 1.54) is 0 Å². The van der Waals surface area contributed by atoms with Gasteiger partial charge in [0.05, 0.1) is 24.9 Å². The Morgan fingerprint density at radius 3 is 2.44 bits per heavy atom. The lowest BCUT2D eigenvalue weighted by molar-refractivity contribution is 0.219. The molecule has 0 N–H and O–H groups in total. The van der Waals surface area contributed by atoms with Crippen molar-refractivity contribution in [2.45, 2.75) is 20.0 Å². The zero-order valence-electron chi connectivity index (χ0n) is 10.4. The smallest absolute Gasteiger partial charge is 0.309 e. The van der Waals surface area contributed by atoms with E-state index in [1.54, 1.807) is 32.0 Å². The molecule has 1 aromatic rings. The summed E-state index contributed by atoms with van der Waals surface area (Å²) in [5, 5.41) is 8.94. The summed E-state index contributed by atoms with van der Waals surface area (Å²) in [7, 11) is -3.11. The predicted octanol–water partition coefficient (Wildman–Crippen LogP) is 4.09. The molecule has 0 unspecified atom stereocenters. The van der Waals surface area contributed by atoms with E-state index >= 15 is 0 Å². The average Bonchev–Trinajstić information content (AvgIpc) is 2.32. The zero-order valence-corrected chi connectivity index (χ0v) is 12.8. The van der Waals surface area contributed by atoms with Gasteiger partial charge in [0, 0.05) is 4.47 Å². The van der Waals surface area contributed by atoms with E-state index in [4.69, 9.17) is 14.3 Å². The van der Waals surface area contributed by atoms with Gasteiger partial charge in [-0.3, -0.25) is 4.57 Å². The Kier molecular flexibility index (Phi) is 6.04. The summed E-state index contributed by atoms with van der Waals surface area (Å²) in [5.74, 6) is 0. The van der Waals surface area contributed by atoms with Gasteiger partial charge in [-0.1, -0.05) is 6.07 Å². The molecule has 1 rings (SSSR count). The number of nitriles is 1. The van der Waals surface area contributed by atoms with Crippen molar-refractivity contribution in [1.82, 2.24) is 0 Å². The molecule has 4 nitrogen and oxygen atoms in total. The van der Waals surface area contributed by atoms with Crippen LogP contribution in [0.3, 0.4) is 0 Å². The Bertz CT molecular complexity index is 489. The fourth-order valence-electron chi connectivity index (χ4n) is 1.50. The van der Waals surface area contributed by atoms with Gasteiger partial charge in [0.15, 0.2) is 0 Å². The van der Waals surface area contributed by atoms with Crippen LogP contribution < -0.4 is 0 Å². The van der Waals surface area contributed by atoms with Gasteiger partial charge in [0.2, 0.25) is 0 Å². The van der Waals surface area contributed by atoms with Gasteiger partial charge in [0.25, 0.3) is 0 Å². The highest BCUT2D eigenvalue weighted by atomic mass is 79.9. The highest BCUT2D eigenvalue weighted by Gasteiger charge is 2.24. The van der Waals surface area contributed by atoms with Crippen molar-refractivity contribution in [1.29, 1.82) is 5.26 Å². The summed E-state index contributed by atoms with van der Waals surface area (Å²) in [5.41, 5.74) is 1.27. The average molecular weight is 332 g/mol. The molecular formula is C12H15BrNO3P. The lowest BCUT2D eigenvalue weighted by Gasteiger charge is -2.17. The van der Waals surface area contributed by atoms with Crippen LogP contribution in [0.2, 0.25) is 0 Å². The van der Waals surface area contributed by atoms with Crippen molar-refractivity contribution >= 4 is 23.5 Å². The molecule has 0 fully saturated rings. The molecule has 0 heterocycles. The van der Waals surface area contributed by atoms with Crippen LogP contribution in [0.15, 0.2) is 22.7 Å². The number of benzene rings is 1. The minimum absolute atomic E-state index is 0.177. The molecule has 6 heteroatoms. The second kappa shape index (κ2) is 7.06. The second-order valence-corrected chi connectivity index (χ2v) is 6.44. The second-order valence-electron chi connectivity index (χ2n) is 3.53. The number of hydrogen-bond donors (Lipinski definition) is 0. The standard InChI is InChI=1S/C12H15BrNO3P/c1-3-16-18(15,17-4-2)9-10-5-6-12(13)11(7-10)8-14/h5-7H,3-4,9H2,1-2H3. The van der Waals surface area contributed by atoms with Crippen LogP contribution in [0.5, 0.6) is 0 Å². The molecule has 0 aliphatic rings. The Morgan fingerprint density at radius 1 is 1.33 bits per heavy atom. The van der Waals surface area contributed by atoms with Crippen molar-refractivity contribution in [3.63, 3.8) is 0 Å². The van der Waals surface area contributed by atoms with E-state index < -0.39 is 7.60 Å². The van der Waals surface area contributed by atoms with Gasteiger partial charge in [-0.15, -0.1) is 0 Å². The predicted molar refractivity (Wildman–Crippen MR) is 73.4 cm³/mol. The van der Waals surface area contributed by atoms with E-state index in [1.807, 2.05) is 0 Å². The fourth-order valence-corrected chi connectivity index (χ4v) is 3.53. The zero-order chi connectivity index (χ0) is 13.6. The molecular weight excluding hydrogens is 317 g/mol. The largest absolute Gasteiger partial charge is 0.335 e. The lowest BCUT2D eigenvalue weighted by Crippen LogP contribution is -1.99. The molecule has 0 amide bonds. The van der Waals surface area contributed by atoms with Crippen LogP contribution in [0.1, 0.15) is 25.0 Å². The van der Waals surface area contributed by atoms with Gasteiger partial charge in [-0.25, -0.2) is 0 Å². The van der Waals surface area contributed by atoms with Gasteiger partial charge in [0.1, 0.15) is 6.07 Å². The maximum absolute atomic E-state index is 12.3. The number of nitrogens with zero attached hydrogens (tertiary/aromatic N) is 1. The summed E-state index contributed by atoms with van der Waals surface area (Å²) in [6.45, 7) is 4.21. The summed E-state index contributed by atoms with van der Waals surface area (Å²) >= 11 is 3.28. The topological polar surface area (TPSA) is 59.3 Å². The molecule has 0 bridgehead atoms. The maximum Gasteiger partial charge on any atom is 0.335 e. The molecule has 0 aliphatic heterocycles. The van der Waals surface area contributed by atoms with Crippen LogP contribution in [0, 0.1) is 11.3 Å². The minimum Gasteiger partial charge on any atom is -0.309 e. The molecule has 0 aromatic heterocycles. The van der Waals surface area contributed by atoms with Crippen LogP contribution in [-0.4, -0.2) is 13.2 Å². The molecule has 0 spiro atoms. The van der Waals surface area contributed by atoms with E-state index in [-0.39, 0.29) is 6.16 Å². The van der Waals surface area contributed by atoms with Crippen LogP contribution in [-0.2, 0) is 19.8 Å². The summed E-state index contributed by atoms with van der Waals surface area (Å²) in [6.07, 6.45) is 0.177. The molecule has 0 saturated heterocycles. The van der Waals surface area contributed by atoms with E-state index in [9.17, 15) is 4.57 Å². The minimum atomic E-state index is -3.11. The van der Waals surface area contributed by atoms with Gasteiger partial charge in [-0.05, 0) is 47.5 Å². The van der Waals surface area contributed by atoms with Crippen LogP contribution in [0.25, 0.3) is 0 Å². The Labute approximate surface area is 116 Å². The summed E-state index contributed by atoms with van der Waals surface area (Å²) < 4.78 is 23.5. The Balaban J connectivity index is 2.95. The van der Waals surface area contributed by atoms with Crippen molar-refractivity contribution < 1.29 is 13.6 Å². The SMILES string of the molecule is CCOP(=O)(Cc1ccc(Br)c(C#N)c1)OCC. The van der Waals surface area contributed by atoms with Crippen LogP contribution in [0.4, 0.5) is 0 Å². The van der Waals surface area contributed by atoms with Crippen LogP contribution >= 0.6 is 23.5 Å². The van der Waals surface area contributed by atoms with Gasteiger partial charge in [-0.2, -0.15) is 5.26 Å². The molecule has 18 heavy (non-hydrogen) atoms.